The van der Waals surface area contributed by atoms with Crippen molar-refractivity contribution in [1.29, 1.82) is 0 Å². The van der Waals surface area contributed by atoms with Gasteiger partial charge in [-0.2, -0.15) is 9.77 Å². The van der Waals surface area contributed by atoms with Crippen molar-refractivity contribution in [2.45, 2.75) is 13.5 Å². The Morgan fingerprint density at radius 3 is 2.91 bits per heavy atom. The van der Waals surface area contributed by atoms with Gasteiger partial charge in [0.25, 0.3) is 5.56 Å². The highest BCUT2D eigenvalue weighted by molar-refractivity contribution is 5.73. The van der Waals surface area contributed by atoms with Gasteiger partial charge in [0.15, 0.2) is 12.0 Å². The second-order valence-electron chi connectivity index (χ2n) is 4.60. The van der Waals surface area contributed by atoms with Crippen molar-refractivity contribution >= 4 is 17.4 Å². The van der Waals surface area contributed by atoms with Gasteiger partial charge in [-0.05, 0) is 12.5 Å². The molecule has 0 aliphatic carbocycles. The van der Waals surface area contributed by atoms with E-state index in [2.05, 4.69) is 15.2 Å². The van der Waals surface area contributed by atoms with Crippen LogP contribution >= 0.6 is 0 Å². The summed E-state index contributed by atoms with van der Waals surface area (Å²) in [5.74, 6) is 0. The van der Waals surface area contributed by atoms with Crippen LogP contribution in [0.25, 0.3) is 11.0 Å². The van der Waals surface area contributed by atoms with Crippen LogP contribution in [0.3, 0.4) is 0 Å². The predicted octanol–water partition coefficient (Wildman–Crippen LogP) is 1.47. The average molecular weight is 297 g/mol. The van der Waals surface area contributed by atoms with E-state index in [0.29, 0.717) is 24.2 Å². The summed E-state index contributed by atoms with van der Waals surface area (Å²) in [7, 11) is 0. The fourth-order valence-electron chi connectivity index (χ4n) is 2.06. The molecule has 0 bridgehead atoms. The molecular formula is C15H15N5O2. The van der Waals surface area contributed by atoms with Gasteiger partial charge in [-0.25, -0.2) is 9.67 Å². The van der Waals surface area contributed by atoms with E-state index in [1.165, 1.54) is 18.9 Å². The molecule has 2 heterocycles. The lowest BCUT2D eigenvalue weighted by atomic mass is 10.2. The summed E-state index contributed by atoms with van der Waals surface area (Å²) in [6, 6.07) is 9.88. The molecule has 22 heavy (non-hydrogen) atoms. The zero-order chi connectivity index (χ0) is 15.4. The number of rotatable bonds is 5. The van der Waals surface area contributed by atoms with E-state index in [1.807, 2.05) is 37.3 Å². The first-order chi connectivity index (χ1) is 10.8. The molecule has 7 heteroatoms. The highest BCUT2D eigenvalue weighted by atomic mass is 16.5. The van der Waals surface area contributed by atoms with Crippen LogP contribution < -0.4 is 5.56 Å². The molecule has 3 aromatic rings. The third kappa shape index (κ3) is 2.73. The Labute approximate surface area is 126 Å². The first kappa shape index (κ1) is 14.0. The summed E-state index contributed by atoms with van der Waals surface area (Å²) in [6.45, 7) is 2.88. The summed E-state index contributed by atoms with van der Waals surface area (Å²) < 4.78 is 7.82. The van der Waals surface area contributed by atoms with Crippen molar-refractivity contribution in [1.82, 2.24) is 19.4 Å². The molecule has 0 atom stereocenters. The second-order valence-corrected chi connectivity index (χ2v) is 4.60. The minimum atomic E-state index is -0.278. The first-order valence-electron chi connectivity index (χ1n) is 6.91. The van der Waals surface area contributed by atoms with E-state index in [9.17, 15) is 4.79 Å². The smallest absolute Gasteiger partial charge is 0.285 e. The summed E-state index contributed by atoms with van der Waals surface area (Å²) in [6.07, 6.45) is 4.10. The van der Waals surface area contributed by atoms with Gasteiger partial charge in [-0.1, -0.05) is 30.3 Å². The lowest BCUT2D eigenvalue weighted by molar-refractivity contribution is 0.340. The van der Waals surface area contributed by atoms with Crippen LogP contribution in [0, 0.1) is 0 Å². The minimum Gasteiger partial charge on any atom is -0.482 e. The molecule has 3 rings (SSSR count). The van der Waals surface area contributed by atoms with Crippen LogP contribution in [-0.2, 0) is 11.3 Å². The van der Waals surface area contributed by atoms with Gasteiger partial charge >= 0.3 is 0 Å². The molecule has 0 radical (unpaired) electrons. The van der Waals surface area contributed by atoms with E-state index in [0.717, 1.165) is 10.2 Å². The van der Waals surface area contributed by atoms with Crippen LogP contribution in [0.4, 0.5) is 0 Å². The van der Waals surface area contributed by atoms with Gasteiger partial charge in [0.05, 0.1) is 19.3 Å². The third-order valence-corrected chi connectivity index (χ3v) is 3.13. The summed E-state index contributed by atoms with van der Waals surface area (Å²) in [5, 5.41) is 8.57. The van der Waals surface area contributed by atoms with Gasteiger partial charge in [-0.15, -0.1) is 5.10 Å². The summed E-state index contributed by atoms with van der Waals surface area (Å²) in [4.78, 5) is 16.6. The Morgan fingerprint density at radius 2 is 2.14 bits per heavy atom. The first-order valence-corrected chi connectivity index (χ1v) is 6.91. The quantitative estimate of drug-likeness (QED) is 0.528. The zero-order valence-electron chi connectivity index (χ0n) is 12.1. The van der Waals surface area contributed by atoms with Crippen molar-refractivity contribution in [3.05, 3.63) is 58.8 Å². The molecule has 112 valence electrons. The van der Waals surface area contributed by atoms with E-state index in [4.69, 9.17) is 4.74 Å². The molecule has 0 amide bonds. The SMILES string of the molecule is CCO/C=N/n1cnc2c(cnn2Cc2ccccc2)c1=O. The summed E-state index contributed by atoms with van der Waals surface area (Å²) >= 11 is 0. The molecular weight excluding hydrogens is 282 g/mol. The van der Waals surface area contributed by atoms with E-state index in [1.54, 1.807) is 4.68 Å². The fraction of sp³-hybridized carbons (Fsp3) is 0.200. The van der Waals surface area contributed by atoms with Gasteiger partial charge in [0.1, 0.15) is 11.7 Å². The number of hydrogen-bond donors (Lipinski definition) is 0. The van der Waals surface area contributed by atoms with Gasteiger partial charge in [-0.3, -0.25) is 4.79 Å². The topological polar surface area (TPSA) is 74.3 Å². The number of ether oxygens (including phenoxy) is 1. The van der Waals surface area contributed by atoms with Crippen LogP contribution in [0.15, 0.2) is 52.8 Å². The number of aromatic nitrogens is 4. The molecule has 2 aromatic heterocycles. The van der Waals surface area contributed by atoms with Crippen LogP contribution in [0.5, 0.6) is 0 Å². The van der Waals surface area contributed by atoms with Crippen LogP contribution in [-0.4, -0.2) is 32.4 Å². The fourth-order valence-corrected chi connectivity index (χ4v) is 2.06. The zero-order valence-corrected chi connectivity index (χ0v) is 12.1. The Bertz CT molecular complexity index is 851. The van der Waals surface area contributed by atoms with Crippen molar-refractivity contribution in [3.63, 3.8) is 0 Å². The molecule has 0 spiro atoms. The Kier molecular flexibility index (Phi) is 3.95. The lowest BCUT2D eigenvalue weighted by Crippen LogP contribution is -2.17. The molecule has 0 aliphatic rings. The normalized spacial score (nSPS) is 11.3. The van der Waals surface area contributed by atoms with Gasteiger partial charge in [0, 0.05) is 0 Å². The number of nitrogens with zero attached hydrogens (tertiary/aromatic N) is 5. The Hall–Kier alpha value is -2.96. The molecule has 0 aliphatic heterocycles. The minimum absolute atomic E-state index is 0.278. The lowest BCUT2D eigenvalue weighted by Gasteiger charge is -2.03. The van der Waals surface area contributed by atoms with Crippen molar-refractivity contribution in [2.24, 2.45) is 5.10 Å². The number of fused-ring (bicyclic) bond motifs is 1. The van der Waals surface area contributed by atoms with E-state index >= 15 is 0 Å². The van der Waals surface area contributed by atoms with Crippen LogP contribution in [0.2, 0.25) is 0 Å². The van der Waals surface area contributed by atoms with Crippen LogP contribution in [0.1, 0.15) is 12.5 Å². The highest BCUT2D eigenvalue weighted by Crippen LogP contribution is 2.09. The Balaban J connectivity index is 1.95. The molecule has 0 N–H and O–H groups in total. The third-order valence-electron chi connectivity index (χ3n) is 3.13. The average Bonchev–Trinajstić information content (AvgIpc) is 2.95. The number of benzene rings is 1. The number of hydrogen-bond acceptors (Lipinski definition) is 5. The maximum absolute atomic E-state index is 12.3. The summed E-state index contributed by atoms with van der Waals surface area (Å²) in [5.41, 5.74) is 1.35. The molecule has 1 aromatic carbocycles. The molecule has 7 nitrogen and oxygen atoms in total. The van der Waals surface area contributed by atoms with E-state index in [-0.39, 0.29) is 5.56 Å². The Morgan fingerprint density at radius 1 is 1.32 bits per heavy atom. The maximum atomic E-state index is 12.3. The second kappa shape index (κ2) is 6.21. The standard InChI is InChI=1S/C15H15N5O2/c1-2-22-11-18-20-10-16-14-13(15(20)21)8-17-19(14)9-12-6-4-3-5-7-12/h3-8,10-11H,2,9H2,1H3/b18-11+. The highest BCUT2D eigenvalue weighted by Gasteiger charge is 2.10. The van der Waals surface area contributed by atoms with Gasteiger partial charge < -0.3 is 4.74 Å². The largest absolute Gasteiger partial charge is 0.482 e. The van der Waals surface area contributed by atoms with Crippen molar-refractivity contribution in [3.8, 4) is 0 Å². The maximum Gasteiger partial charge on any atom is 0.285 e. The molecule has 0 saturated carbocycles. The van der Waals surface area contributed by atoms with Crippen molar-refractivity contribution < 1.29 is 4.74 Å². The molecule has 0 unspecified atom stereocenters. The predicted molar refractivity (Wildman–Crippen MR) is 82.8 cm³/mol. The molecule has 0 saturated heterocycles. The monoisotopic (exact) mass is 297 g/mol. The van der Waals surface area contributed by atoms with Crippen molar-refractivity contribution in [2.75, 3.05) is 6.61 Å². The van der Waals surface area contributed by atoms with Gasteiger partial charge in [0.2, 0.25) is 0 Å². The van der Waals surface area contributed by atoms with E-state index < -0.39 is 0 Å². The molecule has 0 fully saturated rings.